The number of ether oxygens (including phenoxy) is 1. The Morgan fingerprint density at radius 3 is 2.52 bits per heavy atom. The number of amides is 1. The SMILES string of the molecule is COc1ccc(-c2[nH]c3ccccc3c2CCC(=O)N(CC(=O)O)C2CC2)cc1. The Labute approximate surface area is 169 Å². The molecule has 6 heteroatoms. The van der Waals surface area contributed by atoms with Gasteiger partial charge < -0.3 is 19.7 Å². The molecule has 1 saturated carbocycles. The average molecular weight is 392 g/mol. The minimum atomic E-state index is -0.962. The van der Waals surface area contributed by atoms with E-state index in [2.05, 4.69) is 11.1 Å². The fourth-order valence-corrected chi connectivity index (χ4v) is 3.79. The van der Waals surface area contributed by atoms with Crippen LogP contribution in [0.5, 0.6) is 5.75 Å². The van der Waals surface area contributed by atoms with Crippen molar-refractivity contribution in [1.29, 1.82) is 0 Å². The van der Waals surface area contributed by atoms with Gasteiger partial charge in [0.25, 0.3) is 0 Å². The van der Waals surface area contributed by atoms with Gasteiger partial charge in [-0.3, -0.25) is 9.59 Å². The molecule has 0 spiro atoms. The standard InChI is InChI=1S/C23H24N2O4/c1-29-17-10-6-15(7-11-17)23-19(18-4-2-3-5-20(18)24-23)12-13-21(26)25(14-22(27)28)16-8-9-16/h2-7,10-11,16,24H,8-9,12-14H2,1H3,(H,27,28). The number of hydrogen-bond donors (Lipinski definition) is 2. The summed E-state index contributed by atoms with van der Waals surface area (Å²) in [6, 6.07) is 15.9. The molecule has 0 unspecified atom stereocenters. The maximum absolute atomic E-state index is 12.8. The lowest BCUT2D eigenvalue weighted by molar-refractivity contribution is -0.144. The largest absolute Gasteiger partial charge is 0.497 e. The van der Waals surface area contributed by atoms with E-state index < -0.39 is 5.97 Å². The molecule has 0 bridgehead atoms. The third-order valence-electron chi connectivity index (χ3n) is 5.39. The summed E-state index contributed by atoms with van der Waals surface area (Å²) in [6.07, 6.45) is 2.62. The van der Waals surface area contributed by atoms with Gasteiger partial charge in [0.1, 0.15) is 12.3 Å². The first-order chi connectivity index (χ1) is 14.1. The van der Waals surface area contributed by atoms with E-state index in [-0.39, 0.29) is 24.9 Å². The van der Waals surface area contributed by atoms with Crippen LogP contribution in [0.3, 0.4) is 0 Å². The second kappa shape index (κ2) is 7.99. The number of aromatic nitrogens is 1. The molecule has 1 fully saturated rings. The van der Waals surface area contributed by atoms with Gasteiger partial charge in [-0.1, -0.05) is 18.2 Å². The molecule has 1 aliphatic rings. The summed E-state index contributed by atoms with van der Waals surface area (Å²) < 4.78 is 5.25. The Bertz CT molecular complexity index is 1030. The molecule has 0 saturated heterocycles. The fraction of sp³-hybridized carbons (Fsp3) is 0.304. The first-order valence-corrected chi connectivity index (χ1v) is 9.82. The number of aromatic amines is 1. The zero-order valence-electron chi connectivity index (χ0n) is 16.4. The highest BCUT2D eigenvalue weighted by atomic mass is 16.5. The predicted octanol–water partition coefficient (Wildman–Crippen LogP) is 3.85. The van der Waals surface area contributed by atoms with Crippen molar-refractivity contribution in [2.24, 2.45) is 0 Å². The van der Waals surface area contributed by atoms with Gasteiger partial charge in [0.15, 0.2) is 0 Å². The number of methoxy groups -OCH3 is 1. The summed E-state index contributed by atoms with van der Waals surface area (Å²) in [5, 5.41) is 10.2. The van der Waals surface area contributed by atoms with Crippen molar-refractivity contribution in [2.75, 3.05) is 13.7 Å². The highest BCUT2D eigenvalue weighted by Gasteiger charge is 2.33. The third kappa shape index (κ3) is 4.11. The van der Waals surface area contributed by atoms with E-state index in [1.165, 1.54) is 4.90 Å². The number of carboxylic acid groups (broad SMARTS) is 1. The van der Waals surface area contributed by atoms with Crippen LogP contribution in [0.1, 0.15) is 24.8 Å². The predicted molar refractivity (Wildman–Crippen MR) is 111 cm³/mol. The zero-order valence-corrected chi connectivity index (χ0v) is 16.4. The summed E-state index contributed by atoms with van der Waals surface area (Å²) in [6.45, 7) is -0.220. The molecule has 0 aliphatic heterocycles. The minimum absolute atomic E-state index is 0.0858. The van der Waals surface area contributed by atoms with E-state index in [0.717, 1.165) is 46.3 Å². The number of carbonyl (C=O) groups excluding carboxylic acids is 1. The summed E-state index contributed by atoms with van der Waals surface area (Å²) in [4.78, 5) is 28.9. The summed E-state index contributed by atoms with van der Waals surface area (Å²) in [5.74, 6) is -0.271. The van der Waals surface area contributed by atoms with Crippen LogP contribution in [0.2, 0.25) is 0 Å². The lowest BCUT2D eigenvalue weighted by atomic mass is 10.0. The number of H-pyrrole nitrogens is 1. The van der Waals surface area contributed by atoms with Crippen LogP contribution in [0.4, 0.5) is 0 Å². The number of nitrogens with zero attached hydrogens (tertiary/aromatic N) is 1. The number of nitrogens with one attached hydrogen (secondary N) is 1. The molecular weight excluding hydrogens is 368 g/mol. The molecular formula is C23H24N2O4. The monoisotopic (exact) mass is 392 g/mol. The average Bonchev–Trinajstić information content (AvgIpc) is 3.51. The van der Waals surface area contributed by atoms with E-state index in [9.17, 15) is 9.59 Å². The van der Waals surface area contributed by atoms with Gasteiger partial charge in [0.05, 0.1) is 7.11 Å². The summed E-state index contributed by atoms with van der Waals surface area (Å²) in [7, 11) is 1.64. The molecule has 0 atom stereocenters. The number of para-hydroxylation sites is 1. The lowest BCUT2D eigenvalue weighted by Crippen LogP contribution is -2.37. The Hall–Kier alpha value is -3.28. The van der Waals surface area contributed by atoms with Crippen molar-refractivity contribution in [3.05, 3.63) is 54.1 Å². The van der Waals surface area contributed by atoms with Crippen molar-refractivity contribution >= 4 is 22.8 Å². The second-order valence-electron chi connectivity index (χ2n) is 7.40. The number of benzene rings is 2. The third-order valence-corrected chi connectivity index (χ3v) is 5.39. The van der Waals surface area contributed by atoms with Crippen LogP contribution in [-0.4, -0.2) is 46.6 Å². The van der Waals surface area contributed by atoms with Crippen molar-refractivity contribution in [3.63, 3.8) is 0 Å². The van der Waals surface area contributed by atoms with Crippen LogP contribution in [-0.2, 0) is 16.0 Å². The van der Waals surface area contributed by atoms with Crippen molar-refractivity contribution < 1.29 is 19.4 Å². The van der Waals surface area contributed by atoms with E-state index in [0.29, 0.717) is 6.42 Å². The molecule has 1 heterocycles. The molecule has 2 aromatic carbocycles. The Morgan fingerprint density at radius 1 is 1.14 bits per heavy atom. The van der Waals surface area contributed by atoms with Crippen LogP contribution < -0.4 is 4.74 Å². The number of aryl methyl sites for hydroxylation is 1. The molecule has 1 amide bonds. The number of aliphatic carboxylic acids is 1. The first-order valence-electron chi connectivity index (χ1n) is 9.82. The van der Waals surface area contributed by atoms with Crippen LogP contribution in [0.25, 0.3) is 22.2 Å². The molecule has 0 radical (unpaired) electrons. The van der Waals surface area contributed by atoms with Crippen molar-refractivity contribution in [1.82, 2.24) is 9.88 Å². The highest BCUT2D eigenvalue weighted by molar-refractivity contribution is 5.91. The van der Waals surface area contributed by atoms with Crippen molar-refractivity contribution in [2.45, 2.75) is 31.7 Å². The maximum atomic E-state index is 12.8. The summed E-state index contributed by atoms with van der Waals surface area (Å²) in [5.41, 5.74) is 4.10. The molecule has 1 aromatic heterocycles. The normalized spacial score (nSPS) is 13.4. The molecule has 29 heavy (non-hydrogen) atoms. The number of rotatable bonds is 8. The number of fused-ring (bicyclic) bond motifs is 1. The van der Waals surface area contributed by atoms with E-state index in [1.54, 1.807) is 7.11 Å². The van der Waals surface area contributed by atoms with Crippen LogP contribution >= 0.6 is 0 Å². The maximum Gasteiger partial charge on any atom is 0.323 e. The highest BCUT2D eigenvalue weighted by Crippen LogP contribution is 2.33. The molecule has 150 valence electrons. The topological polar surface area (TPSA) is 82.6 Å². The van der Waals surface area contributed by atoms with E-state index in [1.807, 2.05) is 42.5 Å². The summed E-state index contributed by atoms with van der Waals surface area (Å²) >= 11 is 0. The van der Waals surface area contributed by atoms with Gasteiger partial charge in [-0.05, 0) is 60.7 Å². The van der Waals surface area contributed by atoms with Gasteiger partial charge >= 0.3 is 5.97 Å². The van der Waals surface area contributed by atoms with Crippen molar-refractivity contribution in [3.8, 4) is 17.0 Å². The van der Waals surface area contributed by atoms with Gasteiger partial charge in [-0.2, -0.15) is 0 Å². The number of carboxylic acids is 1. The quantitative estimate of drug-likeness (QED) is 0.610. The molecule has 3 aromatic rings. The zero-order chi connectivity index (χ0) is 20.4. The number of carbonyl (C=O) groups is 2. The van der Waals surface area contributed by atoms with Gasteiger partial charge in [0.2, 0.25) is 5.91 Å². The minimum Gasteiger partial charge on any atom is -0.497 e. The Balaban J connectivity index is 1.61. The van der Waals surface area contributed by atoms with Gasteiger partial charge in [0, 0.05) is 29.1 Å². The van der Waals surface area contributed by atoms with E-state index in [4.69, 9.17) is 9.84 Å². The lowest BCUT2D eigenvalue weighted by Gasteiger charge is -2.20. The van der Waals surface area contributed by atoms with Gasteiger partial charge in [-0.15, -0.1) is 0 Å². The second-order valence-corrected chi connectivity index (χ2v) is 7.40. The first kappa shape index (κ1) is 19.1. The molecule has 4 rings (SSSR count). The number of hydrogen-bond acceptors (Lipinski definition) is 3. The molecule has 1 aliphatic carbocycles. The van der Waals surface area contributed by atoms with Gasteiger partial charge in [-0.25, -0.2) is 0 Å². The molecule has 6 nitrogen and oxygen atoms in total. The van der Waals surface area contributed by atoms with Crippen LogP contribution in [0.15, 0.2) is 48.5 Å². The molecule has 2 N–H and O–H groups in total. The van der Waals surface area contributed by atoms with Crippen LogP contribution in [0, 0.1) is 0 Å². The Kier molecular flexibility index (Phi) is 5.25. The Morgan fingerprint density at radius 2 is 1.86 bits per heavy atom. The fourth-order valence-electron chi connectivity index (χ4n) is 3.79. The van der Waals surface area contributed by atoms with E-state index >= 15 is 0 Å². The smallest absolute Gasteiger partial charge is 0.323 e.